The molecule has 0 saturated heterocycles. The monoisotopic (exact) mass is 151 g/mol. The zero-order valence-corrected chi connectivity index (χ0v) is 5.60. The number of azo groups is 1. The average Bonchev–Trinajstić information content (AvgIpc) is 2.36. The van der Waals surface area contributed by atoms with Gasteiger partial charge in [-0.15, -0.1) is 0 Å². The minimum absolute atomic E-state index is 0.0926. The van der Waals surface area contributed by atoms with Gasteiger partial charge < -0.3 is 10.4 Å². The van der Waals surface area contributed by atoms with Crippen LogP contribution in [0.2, 0.25) is 0 Å². The molecule has 0 aromatic heterocycles. The maximum atomic E-state index is 10.7. The molecule has 56 valence electrons. The van der Waals surface area contributed by atoms with Gasteiger partial charge in [0.25, 0.3) is 6.20 Å². The molecule has 0 aliphatic carbocycles. The highest BCUT2D eigenvalue weighted by Gasteiger charge is 2.23. The highest BCUT2D eigenvalue weighted by molar-refractivity contribution is 5.79. The van der Waals surface area contributed by atoms with Crippen LogP contribution in [0.25, 0.3) is 0 Å². The molecule has 5 nitrogen and oxygen atoms in total. The molecule has 2 rings (SSSR count). The van der Waals surface area contributed by atoms with E-state index in [0.717, 1.165) is 5.57 Å². The predicted octanol–water partition coefficient (Wildman–Crippen LogP) is 0.325. The van der Waals surface area contributed by atoms with Crippen LogP contribution in [0.3, 0.4) is 0 Å². The van der Waals surface area contributed by atoms with Crippen LogP contribution in [0.15, 0.2) is 28.5 Å². The van der Waals surface area contributed by atoms with Gasteiger partial charge in [0.2, 0.25) is 6.54 Å². The largest absolute Gasteiger partial charge is 0.566 e. The summed E-state index contributed by atoms with van der Waals surface area (Å²) in [5.41, 5.74) is 1.39. The fourth-order valence-electron chi connectivity index (χ4n) is 1.01. The number of allylic oxidation sites excluding steroid dienone is 1. The summed E-state index contributed by atoms with van der Waals surface area (Å²) < 4.78 is 0. The Bertz CT molecular complexity index is 325. The van der Waals surface area contributed by atoms with Gasteiger partial charge >= 0.3 is 0 Å². The lowest BCUT2D eigenvalue weighted by Crippen LogP contribution is -2.20. The van der Waals surface area contributed by atoms with Crippen LogP contribution in [0.5, 0.6) is 0 Å². The molecule has 0 atom stereocenters. The summed E-state index contributed by atoms with van der Waals surface area (Å²) in [5, 5.41) is 21.4. The third-order valence-electron chi connectivity index (χ3n) is 1.58. The Kier molecular flexibility index (Phi) is 1.06. The zero-order valence-electron chi connectivity index (χ0n) is 5.60. The van der Waals surface area contributed by atoms with E-state index in [1.807, 2.05) is 0 Å². The van der Waals surface area contributed by atoms with Crippen molar-refractivity contribution >= 4 is 6.21 Å². The highest BCUT2D eigenvalue weighted by atomic mass is 16.6. The summed E-state index contributed by atoms with van der Waals surface area (Å²) in [7, 11) is 0. The van der Waals surface area contributed by atoms with E-state index >= 15 is 0 Å². The molecule has 2 heterocycles. The molecule has 0 aromatic rings. The number of hydrogen-bond acceptors (Lipinski definition) is 3. The summed E-state index contributed by atoms with van der Waals surface area (Å²) >= 11 is 0. The van der Waals surface area contributed by atoms with Crippen molar-refractivity contribution < 1.29 is 9.72 Å². The molecule has 0 radical (unpaired) electrons. The van der Waals surface area contributed by atoms with Gasteiger partial charge in [0.15, 0.2) is 0 Å². The van der Waals surface area contributed by atoms with Crippen LogP contribution in [-0.4, -0.2) is 22.5 Å². The van der Waals surface area contributed by atoms with Gasteiger partial charge in [0.1, 0.15) is 5.70 Å². The Hall–Kier alpha value is -1.65. The van der Waals surface area contributed by atoms with Crippen molar-refractivity contribution in [2.24, 2.45) is 4.99 Å². The Morgan fingerprint density at radius 1 is 1.45 bits per heavy atom. The van der Waals surface area contributed by atoms with Gasteiger partial charge in [0.05, 0.1) is 10.4 Å². The second-order valence-corrected chi connectivity index (χ2v) is 2.30. The van der Waals surface area contributed by atoms with E-state index in [4.69, 9.17) is 0 Å². The van der Waals surface area contributed by atoms with Gasteiger partial charge in [-0.3, -0.25) is 0 Å². The van der Waals surface area contributed by atoms with Crippen LogP contribution >= 0.6 is 0 Å². The molecule has 0 unspecified atom stereocenters. The number of hydrogen-bond donors (Lipinski definition) is 0. The predicted molar refractivity (Wildman–Crippen MR) is 36.8 cm³/mol. The van der Waals surface area contributed by atoms with Gasteiger partial charge in [-0.1, -0.05) is 0 Å². The van der Waals surface area contributed by atoms with E-state index in [9.17, 15) is 10.4 Å². The lowest BCUT2D eigenvalue weighted by molar-refractivity contribution is -0.942. The van der Waals surface area contributed by atoms with Crippen molar-refractivity contribution in [1.82, 2.24) is 0 Å². The SMILES string of the molecule is [O-][N+]1=[N+]([O-])CC2=CC=NC2=C1. The Labute approximate surface area is 62.4 Å². The maximum absolute atomic E-state index is 10.7. The first-order valence-corrected chi connectivity index (χ1v) is 3.14. The summed E-state index contributed by atoms with van der Waals surface area (Å²) in [6, 6.07) is 0. The lowest BCUT2D eigenvalue weighted by atomic mass is 10.2. The smallest absolute Gasteiger partial charge is 0.278 e. The molecular formula is C6H5N3O2. The summed E-state index contributed by atoms with van der Waals surface area (Å²) in [5.74, 6) is 0. The Morgan fingerprint density at radius 2 is 2.27 bits per heavy atom. The van der Waals surface area contributed by atoms with E-state index < -0.39 is 0 Å². The fourth-order valence-corrected chi connectivity index (χ4v) is 1.01. The fraction of sp³-hybridized carbons (Fsp3) is 0.167. The molecule has 0 bridgehead atoms. The molecule has 0 aromatic carbocycles. The molecule has 2 aliphatic heterocycles. The number of nitrogens with zero attached hydrogens (tertiary/aromatic N) is 3. The molecule has 0 fully saturated rings. The summed E-state index contributed by atoms with van der Waals surface area (Å²) in [4.78, 5) is 4.46. The molecule has 0 spiro atoms. The van der Waals surface area contributed by atoms with E-state index in [2.05, 4.69) is 4.99 Å². The first-order chi connectivity index (χ1) is 5.27. The van der Waals surface area contributed by atoms with E-state index in [1.54, 1.807) is 12.3 Å². The van der Waals surface area contributed by atoms with Gasteiger partial charge in [-0.25, -0.2) is 4.99 Å². The first kappa shape index (κ1) is 6.09. The van der Waals surface area contributed by atoms with Crippen molar-refractivity contribution in [3.8, 4) is 0 Å². The molecule has 11 heavy (non-hydrogen) atoms. The Morgan fingerprint density at radius 3 is 3.09 bits per heavy atom. The van der Waals surface area contributed by atoms with Gasteiger partial charge in [-0.05, 0) is 6.08 Å². The van der Waals surface area contributed by atoms with E-state index in [0.29, 0.717) is 10.6 Å². The second-order valence-electron chi connectivity index (χ2n) is 2.30. The molecule has 0 amide bonds. The number of hydroxylamine groups is 2. The molecule has 5 heteroatoms. The minimum Gasteiger partial charge on any atom is -0.566 e. The maximum Gasteiger partial charge on any atom is 0.278 e. The van der Waals surface area contributed by atoms with Crippen molar-refractivity contribution in [3.63, 3.8) is 0 Å². The minimum atomic E-state index is 0.0926. The standard InChI is InChI=1S/C6H5N3O2/c10-8-3-5-1-2-7-6(5)4-9(8)11/h1-2,4H,3H2. The van der Waals surface area contributed by atoms with Crippen LogP contribution in [0.4, 0.5) is 0 Å². The third kappa shape index (κ3) is 0.813. The average molecular weight is 151 g/mol. The highest BCUT2D eigenvalue weighted by Crippen LogP contribution is 2.18. The van der Waals surface area contributed by atoms with Crippen LogP contribution in [0, 0.1) is 10.4 Å². The van der Waals surface area contributed by atoms with Crippen molar-refractivity contribution in [1.29, 1.82) is 0 Å². The van der Waals surface area contributed by atoms with Crippen molar-refractivity contribution in [2.45, 2.75) is 0 Å². The van der Waals surface area contributed by atoms with Gasteiger partial charge in [-0.2, -0.15) is 0 Å². The third-order valence-corrected chi connectivity index (χ3v) is 1.58. The van der Waals surface area contributed by atoms with E-state index in [1.165, 1.54) is 6.20 Å². The van der Waals surface area contributed by atoms with Crippen molar-refractivity contribution in [3.05, 3.63) is 34.0 Å². The quantitative estimate of drug-likeness (QED) is 0.369. The summed E-state index contributed by atoms with van der Waals surface area (Å²) in [6.07, 6.45) is 4.48. The van der Waals surface area contributed by atoms with Crippen LogP contribution in [-0.2, 0) is 0 Å². The topological polar surface area (TPSA) is 64.5 Å². The van der Waals surface area contributed by atoms with Crippen molar-refractivity contribution in [2.75, 3.05) is 6.54 Å². The molecular weight excluding hydrogens is 146 g/mol. The Balaban J connectivity index is 2.46. The number of rotatable bonds is 0. The zero-order chi connectivity index (χ0) is 7.84. The number of aliphatic imine (C=N–C) groups is 1. The normalized spacial score (nSPS) is 21.5. The molecule has 2 aliphatic rings. The number of fused-ring (bicyclic) bond motifs is 1. The van der Waals surface area contributed by atoms with Gasteiger partial charge in [0, 0.05) is 11.1 Å². The van der Waals surface area contributed by atoms with Crippen LogP contribution in [0.1, 0.15) is 0 Å². The summed E-state index contributed by atoms with van der Waals surface area (Å²) in [6.45, 7) is 0.0926. The lowest BCUT2D eigenvalue weighted by Gasteiger charge is -2.06. The second kappa shape index (κ2) is 1.91. The molecule has 0 saturated carbocycles. The van der Waals surface area contributed by atoms with E-state index in [-0.39, 0.29) is 11.4 Å². The van der Waals surface area contributed by atoms with Crippen LogP contribution < -0.4 is 0 Å². The first-order valence-electron chi connectivity index (χ1n) is 3.14. The molecule has 0 N–H and O–H groups in total.